The number of carbonyl (C=O) groups is 1. The average Bonchev–Trinajstić information content (AvgIpc) is 3.00. The van der Waals surface area contributed by atoms with Crippen molar-refractivity contribution in [2.75, 3.05) is 0 Å². The Labute approximate surface area is 161 Å². The standard InChI is InChI=1S/C22H19N3O3/c1-2-25-19-6-4-3-5-16(19)17-9-7-14(11-20(17)25)13-23-24-22(28)18-10-8-15(26)12-21(18)27/h3-13,26-27H,2H2,1H3,(H,24,28)/b23-13-. The SMILES string of the molecule is CCn1c2ccccc2c2ccc(/C=N\NC(=O)c3ccc(O)cc3O)cc21. The third-order valence-corrected chi connectivity index (χ3v) is 4.72. The molecule has 140 valence electrons. The lowest BCUT2D eigenvalue weighted by Gasteiger charge is -2.04. The van der Waals surface area contributed by atoms with Gasteiger partial charge >= 0.3 is 0 Å². The Kier molecular flexibility index (Phi) is 4.45. The molecule has 3 N–H and O–H groups in total. The zero-order valence-corrected chi connectivity index (χ0v) is 15.3. The van der Waals surface area contributed by atoms with Gasteiger partial charge in [0, 0.05) is 34.4 Å². The van der Waals surface area contributed by atoms with E-state index in [4.69, 9.17) is 0 Å². The van der Waals surface area contributed by atoms with Gasteiger partial charge in [0.25, 0.3) is 5.91 Å². The molecule has 6 nitrogen and oxygen atoms in total. The van der Waals surface area contributed by atoms with Gasteiger partial charge in [-0.2, -0.15) is 5.10 Å². The highest BCUT2D eigenvalue weighted by molar-refractivity contribution is 6.09. The van der Waals surface area contributed by atoms with Gasteiger partial charge < -0.3 is 14.8 Å². The molecule has 0 saturated heterocycles. The molecule has 28 heavy (non-hydrogen) atoms. The quantitative estimate of drug-likeness (QED) is 0.373. The number of phenols is 2. The van der Waals surface area contributed by atoms with Crippen molar-refractivity contribution in [3.63, 3.8) is 0 Å². The molecular weight excluding hydrogens is 354 g/mol. The van der Waals surface area contributed by atoms with Crippen molar-refractivity contribution in [3.05, 3.63) is 71.8 Å². The fourth-order valence-corrected chi connectivity index (χ4v) is 3.42. The summed E-state index contributed by atoms with van der Waals surface area (Å²) in [6.45, 7) is 2.96. The molecule has 0 aliphatic heterocycles. The number of aromatic nitrogens is 1. The fourth-order valence-electron chi connectivity index (χ4n) is 3.42. The van der Waals surface area contributed by atoms with Gasteiger partial charge in [-0.3, -0.25) is 4.79 Å². The van der Waals surface area contributed by atoms with E-state index in [0.717, 1.165) is 23.7 Å². The second-order valence-corrected chi connectivity index (χ2v) is 6.44. The van der Waals surface area contributed by atoms with E-state index < -0.39 is 5.91 Å². The van der Waals surface area contributed by atoms with Crippen LogP contribution < -0.4 is 5.43 Å². The molecule has 3 aromatic carbocycles. The number of phenolic OH excluding ortho intramolecular Hbond substituents is 2. The molecule has 0 fully saturated rings. The lowest BCUT2D eigenvalue weighted by molar-refractivity contribution is 0.0952. The molecule has 6 heteroatoms. The Morgan fingerprint density at radius 2 is 1.82 bits per heavy atom. The van der Waals surface area contributed by atoms with Crippen LogP contribution in [-0.4, -0.2) is 26.9 Å². The molecule has 1 heterocycles. The average molecular weight is 373 g/mol. The smallest absolute Gasteiger partial charge is 0.275 e. The van der Waals surface area contributed by atoms with Gasteiger partial charge in [-0.05, 0) is 36.8 Å². The Hall–Kier alpha value is -3.80. The monoisotopic (exact) mass is 373 g/mol. The summed E-state index contributed by atoms with van der Waals surface area (Å²) in [6.07, 6.45) is 1.56. The normalized spacial score (nSPS) is 11.5. The van der Waals surface area contributed by atoms with Crippen LogP contribution in [0.5, 0.6) is 11.5 Å². The second kappa shape index (κ2) is 7.08. The predicted octanol–water partition coefficient (Wildman–Crippen LogP) is 3.99. The first-order valence-electron chi connectivity index (χ1n) is 8.95. The molecule has 0 radical (unpaired) electrons. The number of carbonyl (C=O) groups excluding carboxylic acids is 1. The number of hydrogen-bond acceptors (Lipinski definition) is 4. The molecular formula is C22H19N3O3. The number of benzene rings is 3. The Bertz CT molecular complexity index is 1220. The Morgan fingerprint density at radius 1 is 1.04 bits per heavy atom. The Balaban J connectivity index is 1.61. The molecule has 1 amide bonds. The van der Waals surface area contributed by atoms with E-state index in [2.05, 4.69) is 40.2 Å². The number of aryl methyl sites for hydroxylation is 1. The van der Waals surface area contributed by atoms with E-state index in [-0.39, 0.29) is 17.1 Å². The van der Waals surface area contributed by atoms with E-state index in [1.54, 1.807) is 6.21 Å². The van der Waals surface area contributed by atoms with Crippen molar-refractivity contribution < 1.29 is 15.0 Å². The van der Waals surface area contributed by atoms with Crippen LogP contribution in [-0.2, 0) is 6.54 Å². The minimum absolute atomic E-state index is 0.0384. The summed E-state index contributed by atoms with van der Waals surface area (Å²) < 4.78 is 2.25. The van der Waals surface area contributed by atoms with Gasteiger partial charge in [0.05, 0.1) is 11.8 Å². The number of nitrogens with zero attached hydrogens (tertiary/aromatic N) is 2. The minimum atomic E-state index is -0.558. The molecule has 1 aromatic heterocycles. The maximum Gasteiger partial charge on any atom is 0.275 e. The summed E-state index contributed by atoms with van der Waals surface area (Å²) in [5, 5.41) is 25.4. The van der Waals surface area contributed by atoms with Crippen molar-refractivity contribution in [3.8, 4) is 11.5 Å². The topological polar surface area (TPSA) is 86.9 Å². The van der Waals surface area contributed by atoms with Crippen LogP contribution >= 0.6 is 0 Å². The van der Waals surface area contributed by atoms with Gasteiger partial charge in [-0.15, -0.1) is 0 Å². The van der Waals surface area contributed by atoms with E-state index in [1.165, 1.54) is 28.4 Å². The van der Waals surface area contributed by atoms with E-state index in [1.807, 2.05) is 24.3 Å². The maximum atomic E-state index is 12.1. The Morgan fingerprint density at radius 3 is 2.61 bits per heavy atom. The van der Waals surface area contributed by atoms with Crippen molar-refractivity contribution in [2.45, 2.75) is 13.5 Å². The highest BCUT2D eigenvalue weighted by Gasteiger charge is 2.11. The van der Waals surface area contributed by atoms with Crippen molar-refractivity contribution in [1.29, 1.82) is 0 Å². The van der Waals surface area contributed by atoms with Crippen molar-refractivity contribution in [1.82, 2.24) is 9.99 Å². The van der Waals surface area contributed by atoms with Crippen molar-refractivity contribution in [2.24, 2.45) is 5.10 Å². The fraction of sp³-hybridized carbons (Fsp3) is 0.0909. The van der Waals surface area contributed by atoms with E-state index >= 15 is 0 Å². The molecule has 0 bridgehead atoms. The first kappa shape index (κ1) is 17.6. The number of fused-ring (bicyclic) bond motifs is 3. The third kappa shape index (κ3) is 3.05. The number of hydrogen-bond donors (Lipinski definition) is 3. The third-order valence-electron chi connectivity index (χ3n) is 4.72. The van der Waals surface area contributed by atoms with Gasteiger partial charge in [0.15, 0.2) is 0 Å². The van der Waals surface area contributed by atoms with Crippen molar-refractivity contribution >= 4 is 33.9 Å². The maximum absolute atomic E-state index is 12.1. The molecule has 0 aliphatic carbocycles. The van der Waals surface area contributed by atoms with Gasteiger partial charge in [0.1, 0.15) is 11.5 Å². The number of rotatable bonds is 4. The first-order chi connectivity index (χ1) is 13.6. The van der Waals surface area contributed by atoms with Gasteiger partial charge in [-0.1, -0.05) is 30.3 Å². The van der Waals surface area contributed by atoms with E-state index in [9.17, 15) is 15.0 Å². The number of hydrazone groups is 1. The van der Waals surface area contributed by atoms with Gasteiger partial charge in [0.2, 0.25) is 0 Å². The molecule has 0 unspecified atom stereocenters. The lowest BCUT2D eigenvalue weighted by Crippen LogP contribution is -2.17. The summed E-state index contributed by atoms with van der Waals surface area (Å²) in [5.41, 5.74) is 5.57. The van der Waals surface area contributed by atoms with Gasteiger partial charge in [-0.25, -0.2) is 5.43 Å². The van der Waals surface area contributed by atoms with Crippen LogP contribution in [0, 0.1) is 0 Å². The zero-order valence-electron chi connectivity index (χ0n) is 15.3. The molecule has 4 aromatic rings. The minimum Gasteiger partial charge on any atom is -0.508 e. The number of amides is 1. The predicted molar refractivity (Wildman–Crippen MR) is 110 cm³/mol. The first-order valence-corrected chi connectivity index (χ1v) is 8.95. The highest BCUT2D eigenvalue weighted by Crippen LogP contribution is 2.29. The van der Waals surface area contributed by atoms with Crippen LogP contribution in [0.2, 0.25) is 0 Å². The zero-order chi connectivity index (χ0) is 19.7. The summed E-state index contributed by atoms with van der Waals surface area (Å²) in [5.74, 6) is -0.976. The summed E-state index contributed by atoms with van der Waals surface area (Å²) in [6, 6.07) is 18.1. The van der Waals surface area contributed by atoms with Crippen LogP contribution in [0.15, 0.2) is 65.8 Å². The van der Waals surface area contributed by atoms with Crippen LogP contribution in [0.3, 0.4) is 0 Å². The number of aromatic hydroxyl groups is 2. The highest BCUT2D eigenvalue weighted by atomic mass is 16.3. The molecule has 0 aliphatic rings. The number of nitrogens with one attached hydrogen (secondary N) is 1. The van der Waals surface area contributed by atoms with Crippen LogP contribution in [0.1, 0.15) is 22.8 Å². The summed E-state index contributed by atoms with van der Waals surface area (Å²) in [4.78, 5) is 12.1. The van der Waals surface area contributed by atoms with Crippen LogP contribution in [0.25, 0.3) is 21.8 Å². The largest absolute Gasteiger partial charge is 0.508 e. The molecule has 0 atom stereocenters. The molecule has 0 saturated carbocycles. The summed E-state index contributed by atoms with van der Waals surface area (Å²) >= 11 is 0. The van der Waals surface area contributed by atoms with Crippen LogP contribution in [0.4, 0.5) is 0 Å². The molecule has 4 rings (SSSR count). The van der Waals surface area contributed by atoms with E-state index in [0.29, 0.717) is 0 Å². The number of para-hydroxylation sites is 1. The lowest BCUT2D eigenvalue weighted by atomic mass is 10.1. The second-order valence-electron chi connectivity index (χ2n) is 6.44. The molecule has 0 spiro atoms. The summed E-state index contributed by atoms with van der Waals surface area (Å²) in [7, 11) is 0.